The standard InChI is InChI=1S/C11H6BrClFNO2/c12-8-2-1-7(14)4-9(8)15-5-6(13)3-10(15)11(16)17/h1-5H,(H,16,17). The maximum absolute atomic E-state index is 13.2. The Bertz CT molecular complexity index is 597. The number of benzene rings is 1. The van der Waals surface area contributed by atoms with E-state index < -0.39 is 11.8 Å². The molecule has 3 nitrogen and oxygen atoms in total. The maximum atomic E-state index is 13.2. The van der Waals surface area contributed by atoms with Crippen molar-refractivity contribution >= 4 is 33.5 Å². The number of hydrogen-bond donors (Lipinski definition) is 1. The summed E-state index contributed by atoms with van der Waals surface area (Å²) in [4.78, 5) is 11.0. The fourth-order valence-corrected chi connectivity index (χ4v) is 2.10. The Morgan fingerprint density at radius 3 is 2.76 bits per heavy atom. The second-order valence-corrected chi connectivity index (χ2v) is 4.61. The quantitative estimate of drug-likeness (QED) is 0.916. The Kier molecular flexibility index (Phi) is 3.22. The van der Waals surface area contributed by atoms with E-state index in [1.54, 1.807) is 0 Å². The van der Waals surface area contributed by atoms with E-state index in [0.29, 0.717) is 10.2 Å². The lowest BCUT2D eigenvalue weighted by Crippen LogP contribution is -2.06. The third-order valence-electron chi connectivity index (χ3n) is 2.17. The lowest BCUT2D eigenvalue weighted by molar-refractivity contribution is 0.0688. The van der Waals surface area contributed by atoms with Crippen LogP contribution >= 0.6 is 27.5 Å². The van der Waals surface area contributed by atoms with E-state index in [-0.39, 0.29) is 10.7 Å². The lowest BCUT2D eigenvalue weighted by Gasteiger charge is -2.08. The fraction of sp³-hybridized carbons (Fsp3) is 0. The van der Waals surface area contributed by atoms with Gasteiger partial charge in [0.25, 0.3) is 0 Å². The zero-order chi connectivity index (χ0) is 12.6. The summed E-state index contributed by atoms with van der Waals surface area (Å²) in [6.07, 6.45) is 1.42. The maximum Gasteiger partial charge on any atom is 0.352 e. The molecule has 0 radical (unpaired) electrons. The summed E-state index contributed by atoms with van der Waals surface area (Å²) in [5.41, 5.74) is 0.357. The van der Waals surface area contributed by atoms with Crippen LogP contribution in [0.2, 0.25) is 5.02 Å². The molecule has 0 atom stereocenters. The average molecular weight is 319 g/mol. The molecule has 0 fully saturated rings. The van der Waals surface area contributed by atoms with Gasteiger partial charge in [0.2, 0.25) is 0 Å². The predicted molar refractivity (Wildman–Crippen MR) is 65.4 cm³/mol. The molecule has 1 N–H and O–H groups in total. The van der Waals surface area contributed by atoms with Crippen LogP contribution in [-0.2, 0) is 0 Å². The van der Waals surface area contributed by atoms with Crippen molar-refractivity contribution in [3.63, 3.8) is 0 Å². The molecule has 1 heterocycles. The number of aromatic carboxylic acids is 1. The molecule has 0 bridgehead atoms. The zero-order valence-corrected chi connectivity index (χ0v) is 10.7. The number of hydrogen-bond acceptors (Lipinski definition) is 1. The number of nitrogens with zero attached hydrogens (tertiary/aromatic N) is 1. The highest BCUT2D eigenvalue weighted by Crippen LogP contribution is 2.26. The van der Waals surface area contributed by atoms with Crippen LogP contribution in [0.4, 0.5) is 4.39 Å². The molecule has 6 heteroatoms. The predicted octanol–water partition coefficient (Wildman–Crippen LogP) is 3.73. The molecule has 0 saturated heterocycles. The first-order valence-corrected chi connectivity index (χ1v) is 5.73. The molecule has 0 aliphatic heterocycles. The van der Waals surface area contributed by atoms with Crippen molar-refractivity contribution in [1.82, 2.24) is 4.57 Å². The average Bonchev–Trinajstić information content (AvgIpc) is 2.64. The van der Waals surface area contributed by atoms with Crippen molar-refractivity contribution in [2.45, 2.75) is 0 Å². The van der Waals surface area contributed by atoms with Gasteiger partial charge in [-0.3, -0.25) is 0 Å². The molecule has 88 valence electrons. The number of rotatable bonds is 2. The van der Waals surface area contributed by atoms with Crippen molar-refractivity contribution in [2.24, 2.45) is 0 Å². The molecule has 0 aliphatic carbocycles. The van der Waals surface area contributed by atoms with E-state index in [0.717, 1.165) is 0 Å². The molecule has 1 aromatic carbocycles. The SMILES string of the molecule is O=C(O)c1cc(Cl)cn1-c1cc(F)ccc1Br. The molecule has 0 aliphatic rings. The van der Waals surface area contributed by atoms with Crippen LogP contribution in [0, 0.1) is 5.82 Å². The van der Waals surface area contributed by atoms with E-state index in [2.05, 4.69) is 15.9 Å². The smallest absolute Gasteiger partial charge is 0.352 e. The van der Waals surface area contributed by atoms with Crippen LogP contribution in [0.25, 0.3) is 5.69 Å². The van der Waals surface area contributed by atoms with Crippen molar-refractivity contribution < 1.29 is 14.3 Å². The molecule has 0 unspecified atom stereocenters. The normalized spacial score (nSPS) is 10.5. The monoisotopic (exact) mass is 317 g/mol. The third kappa shape index (κ3) is 2.35. The molecular weight excluding hydrogens is 312 g/mol. The summed E-state index contributed by atoms with van der Waals surface area (Å²) in [5.74, 6) is -1.59. The summed E-state index contributed by atoms with van der Waals surface area (Å²) < 4.78 is 15.1. The molecule has 1 aromatic heterocycles. The Hall–Kier alpha value is -1.33. The van der Waals surface area contributed by atoms with Crippen LogP contribution in [0.15, 0.2) is 34.9 Å². The van der Waals surface area contributed by atoms with Gasteiger partial charge in [0.1, 0.15) is 11.5 Å². The second kappa shape index (κ2) is 4.50. The topological polar surface area (TPSA) is 42.2 Å². The Morgan fingerprint density at radius 1 is 1.41 bits per heavy atom. The van der Waals surface area contributed by atoms with Crippen molar-refractivity contribution in [3.05, 3.63) is 51.5 Å². The van der Waals surface area contributed by atoms with Crippen LogP contribution in [0.3, 0.4) is 0 Å². The molecular formula is C11H6BrClFNO2. The van der Waals surface area contributed by atoms with E-state index in [1.165, 1.54) is 35.0 Å². The molecule has 0 amide bonds. The van der Waals surface area contributed by atoms with Gasteiger partial charge in [-0.1, -0.05) is 11.6 Å². The minimum atomic E-state index is -1.13. The fourth-order valence-electron chi connectivity index (χ4n) is 1.46. The van der Waals surface area contributed by atoms with Crippen LogP contribution in [0.1, 0.15) is 10.5 Å². The van der Waals surface area contributed by atoms with Crippen molar-refractivity contribution in [3.8, 4) is 5.69 Å². The van der Waals surface area contributed by atoms with Gasteiger partial charge in [-0.05, 0) is 40.2 Å². The molecule has 0 saturated carbocycles. The van der Waals surface area contributed by atoms with Gasteiger partial charge in [0.15, 0.2) is 0 Å². The lowest BCUT2D eigenvalue weighted by atomic mass is 10.3. The summed E-state index contributed by atoms with van der Waals surface area (Å²) in [6, 6.07) is 5.32. The van der Waals surface area contributed by atoms with E-state index >= 15 is 0 Å². The van der Waals surface area contributed by atoms with Gasteiger partial charge in [-0.25, -0.2) is 9.18 Å². The summed E-state index contributed by atoms with van der Waals surface area (Å²) in [5, 5.41) is 9.29. The molecule has 2 aromatic rings. The molecule has 2 rings (SSSR count). The second-order valence-electron chi connectivity index (χ2n) is 3.31. The number of carboxylic acid groups (broad SMARTS) is 1. The highest BCUT2D eigenvalue weighted by Gasteiger charge is 2.15. The van der Waals surface area contributed by atoms with Crippen LogP contribution in [-0.4, -0.2) is 15.6 Å². The third-order valence-corrected chi connectivity index (χ3v) is 3.05. The summed E-state index contributed by atoms with van der Waals surface area (Å²) in [7, 11) is 0. The van der Waals surface area contributed by atoms with Gasteiger partial charge in [0, 0.05) is 10.7 Å². The van der Waals surface area contributed by atoms with Gasteiger partial charge in [-0.15, -0.1) is 0 Å². The van der Waals surface area contributed by atoms with Crippen molar-refractivity contribution in [1.29, 1.82) is 0 Å². The largest absolute Gasteiger partial charge is 0.477 e. The summed E-state index contributed by atoms with van der Waals surface area (Å²) in [6.45, 7) is 0. The van der Waals surface area contributed by atoms with Crippen LogP contribution in [0.5, 0.6) is 0 Å². The summed E-state index contributed by atoms with van der Waals surface area (Å²) >= 11 is 8.99. The number of aromatic nitrogens is 1. The molecule has 0 spiro atoms. The van der Waals surface area contributed by atoms with E-state index in [9.17, 15) is 9.18 Å². The highest BCUT2D eigenvalue weighted by atomic mass is 79.9. The number of carboxylic acids is 1. The Labute approximate surface area is 110 Å². The van der Waals surface area contributed by atoms with Gasteiger partial charge in [0.05, 0.1) is 10.7 Å². The number of halogens is 3. The van der Waals surface area contributed by atoms with E-state index in [1.807, 2.05) is 0 Å². The van der Waals surface area contributed by atoms with Crippen molar-refractivity contribution in [2.75, 3.05) is 0 Å². The number of carbonyl (C=O) groups is 1. The minimum absolute atomic E-state index is 0.0266. The van der Waals surface area contributed by atoms with Gasteiger partial charge >= 0.3 is 5.97 Å². The van der Waals surface area contributed by atoms with E-state index in [4.69, 9.17) is 16.7 Å². The zero-order valence-electron chi connectivity index (χ0n) is 8.32. The first-order valence-electron chi connectivity index (χ1n) is 4.55. The Balaban J connectivity index is 2.67. The molecule has 17 heavy (non-hydrogen) atoms. The first kappa shape index (κ1) is 12.1. The first-order chi connectivity index (χ1) is 7.99. The van der Waals surface area contributed by atoms with Crippen LogP contribution < -0.4 is 0 Å². The van der Waals surface area contributed by atoms with Gasteiger partial charge in [-0.2, -0.15) is 0 Å². The van der Waals surface area contributed by atoms with Gasteiger partial charge < -0.3 is 9.67 Å². The Morgan fingerprint density at radius 2 is 2.12 bits per heavy atom. The minimum Gasteiger partial charge on any atom is -0.477 e. The highest BCUT2D eigenvalue weighted by molar-refractivity contribution is 9.10.